The standard InChI is InChI=1S/C9H8F3NO3/c1-2-15-8(14)6-3-4-7(13-5-6)16-9(10,11)12/h3-5H,2H2,1H3. The largest absolute Gasteiger partial charge is 0.574 e. The minimum atomic E-state index is -4.79. The second kappa shape index (κ2) is 4.82. The minimum absolute atomic E-state index is 0.0661. The van der Waals surface area contributed by atoms with Gasteiger partial charge in [0.1, 0.15) is 0 Å². The highest BCUT2D eigenvalue weighted by Crippen LogP contribution is 2.20. The smallest absolute Gasteiger partial charge is 0.462 e. The Kier molecular flexibility index (Phi) is 3.70. The van der Waals surface area contributed by atoms with Crippen molar-refractivity contribution in [3.05, 3.63) is 23.9 Å². The molecule has 0 aliphatic heterocycles. The molecule has 1 heterocycles. The van der Waals surface area contributed by atoms with Crippen molar-refractivity contribution >= 4 is 5.97 Å². The lowest BCUT2D eigenvalue weighted by atomic mass is 10.3. The first kappa shape index (κ1) is 12.3. The molecule has 1 aromatic rings. The molecule has 0 bridgehead atoms. The minimum Gasteiger partial charge on any atom is -0.462 e. The third-order valence-corrected chi connectivity index (χ3v) is 1.47. The van der Waals surface area contributed by atoms with E-state index >= 15 is 0 Å². The lowest BCUT2D eigenvalue weighted by Crippen LogP contribution is -2.18. The number of pyridine rings is 1. The van der Waals surface area contributed by atoms with Gasteiger partial charge in [-0.3, -0.25) is 0 Å². The van der Waals surface area contributed by atoms with Crippen molar-refractivity contribution in [1.29, 1.82) is 0 Å². The van der Waals surface area contributed by atoms with Crippen LogP contribution < -0.4 is 4.74 Å². The molecule has 88 valence electrons. The lowest BCUT2D eigenvalue weighted by Gasteiger charge is -2.07. The van der Waals surface area contributed by atoms with Crippen molar-refractivity contribution in [2.24, 2.45) is 0 Å². The molecule has 4 nitrogen and oxygen atoms in total. The van der Waals surface area contributed by atoms with Crippen LogP contribution in [-0.4, -0.2) is 23.9 Å². The molecule has 0 saturated heterocycles. The zero-order chi connectivity index (χ0) is 12.2. The maximum absolute atomic E-state index is 11.8. The van der Waals surface area contributed by atoms with Gasteiger partial charge < -0.3 is 9.47 Å². The zero-order valence-electron chi connectivity index (χ0n) is 8.25. The average molecular weight is 235 g/mol. The number of esters is 1. The van der Waals surface area contributed by atoms with Crippen LogP contribution in [0.15, 0.2) is 18.3 Å². The predicted octanol–water partition coefficient (Wildman–Crippen LogP) is 2.16. The number of nitrogens with zero attached hydrogens (tertiary/aromatic N) is 1. The summed E-state index contributed by atoms with van der Waals surface area (Å²) in [6.07, 6.45) is -3.84. The number of hydrogen-bond acceptors (Lipinski definition) is 4. The van der Waals surface area contributed by atoms with Gasteiger partial charge in [0.05, 0.1) is 12.2 Å². The number of hydrogen-bond donors (Lipinski definition) is 0. The van der Waals surface area contributed by atoms with Crippen LogP contribution in [0.3, 0.4) is 0 Å². The summed E-state index contributed by atoms with van der Waals surface area (Å²) in [6.45, 7) is 1.80. The molecule has 0 atom stereocenters. The first-order valence-electron chi connectivity index (χ1n) is 4.31. The molecule has 0 unspecified atom stereocenters. The van der Waals surface area contributed by atoms with E-state index in [0.29, 0.717) is 0 Å². The summed E-state index contributed by atoms with van der Waals surface area (Å²) in [5.41, 5.74) is 0.0661. The van der Waals surface area contributed by atoms with Crippen molar-refractivity contribution in [3.8, 4) is 5.88 Å². The highest BCUT2D eigenvalue weighted by molar-refractivity contribution is 5.89. The van der Waals surface area contributed by atoms with Crippen LogP contribution in [0.4, 0.5) is 13.2 Å². The number of halogens is 3. The Hall–Kier alpha value is -1.79. The second-order valence-corrected chi connectivity index (χ2v) is 2.65. The molecule has 16 heavy (non-hydrogen) atoms. The zero-order valence-corrected chi connectivity index (χ0v) is 8.25. The first-order chi connectivity index (χ1) is 7.42. The summed E-state index contributed by atoms with van der Waals surface area (Å²) < 4.78 is 43.5. The van der Waals surface area contributed by atoms with Crippen molar-refractivity contribution in [2.75, 3.05) is 6.61 Å². The summed E-state index contributed by atoms with van der Waals surface area (Å²) in [5.74, 6) is -1.27. The van der Waals surface area contributed by atoms with Crippen molar-refractivity contribution in [2.45, 2.75) is 13.3 Å². The van der Waals surface area contributed by atoms with E-state index in [1.807, 2.05) is 0 Å². The number of carbonyl (C=O) groups excluding carboxylic acids is 1. The molecular weight excluding hydrogens is 227 g/mol. The molecule has 0 spiro atoms. The Morgan fingerprint density at radius 3 is 2.56 bits per heavy atom. The topological polar surface area (TPSA) is 48.4 Å². The summed E-state index contributed by atoms with van der Waals surface area (Å²) in [4.78, 5) is 14.4. The monoisotopic (exact) mass is 235 g/mol. The van der Waals surface area contributed by atoms with Gasteiger partial charge >= 0.3 is 12.3 Å². The number of aromatic nitrogens is 1. The van der Waals surface area contributed by atoms with Gasteiger partial charge in [0.15, 0.2) is 0 Å². The molecule has 1 rings (SSSR count). The number of alkyl halides is 3. The summed E-state index contributed by atoms with van der Waals surface area (Å²) in [7, 11) is 0. The van der Waals surface area contributed by atoms with E-state index < -0.39 is 18.2 Å². The normalized spacial score (nSPS) is 11.0. The molecule has 0 saturated carbocycles. The fraction of sp³-hybridized carbons (Fsp3) is 0.333. The number of rotatable bonds is 3. The van der Waals surface area contributed by atoms with E-state index in [0.717, 1.165) is 18.3 Å². The predicted molar refractivity (Wildman–Crippen MR) is 46.9 cm³/mol. The van der Waals surface area contributed by atoms with Crippen LogP contribution >= 0.6 is 0 Å². The van der Waals surface area contributed by atoms with E-state index in [2.05, 4.69) is 14.5 Å². The first-order valence-corrected chi connectivity index (χ1v) is 4.31. The number of carbonyl (C=O) groups is 1. The molecule has 1 aromatic heterocycles. The van der Waals surface area contributed by atoms with Gasteiger partial charge in [-0.1, -0.05) is 0 Å². The summed E-state index contributed by atoms with van der Waals surface area (Å²) in [6, 6.07) is 2.09. The number of ether oxygens (including phenoxy) is 2. The van der Waals surface area contributed by atoms with Gasteiger partial charge in [0.2, 0.25) is 5.88 Å². The van der Waals surface area contributed by atoms with Crippen LogP contribution in [0.25, 0.3) is 0 Å². The Labute approximate surface area is 89.0 Å². The van der Waals surface area contributed by atoms with E-state index in [-0.39, 0.29) is 12.2 Å². The second-order valence-electron chi connectivity index (χ2n) is 2.65. The third kappa shape index (κ3) is 3.76. The molecule has 0 amide bonds. The van der Waals surface area contributed by atoms with Crippen molar-refractivity contribution in [1.82, 2.24) is 4.98 Å². The Balaban J connectivity index is 2.72. The van der Waals surface area contributed by atoms with E-state index in [9.17, 15) is 18.0 Å². The van der Waals surface area contributed by atoms with Crippen LogP contribution in [0.2, 0.25) is 0 Å². The highest BCUT2D eigenvalue weighted by Gasteiger charge is 2.31. The van der Waals surface area contributed by atoms with Gasteiger partial charge in [-0.25, -0.2) is 9.78 Å². The van der Waals surface area contributed by atoms with E-state index in [1.54, 1.807) is 6.92 Å². The molecule has 0 aliphatic carbocycles. The molecular formula is C9H8F3NO3. The molecule has 7 heteroatoms. The Morgan fingerprint density at radius 1 is 1.44 bits per heavy atom. The fourth-order valence-electron chi connectivity index (χ4n) is 0.894. The maximum Gasteiger partial charge on any atom is 0.574 e. The van der Waals surface area contributed by atoms with Gasteiger partial charge in [-0.05, 0) is 13.0 Å². The van der Waals surface area contributed by atoms with Crippen molar-refractivity contribution in [3.63, 3.8) is 0 Å². The van der Waals surface area contributed by atoms with E-state index in [4.69, 9.17) is 0 Å². The van der Waals surface area contributed by atoms with Crippen LogP contribution in [0.1, 0.15) is 17.3 Å². The Morgan fingerprint density at radius 2 is 2.12 bits per heavy atom. The van der Waals surface area contributed by atoms with Gasteiger partial charge in [0.25, 0.3) is 0 Å². The third-order valence-electron chi connectivity index (χ3n) is 1.47. The van der Waals surface area contributed by atoms with Crippen LogP contribution in [0.5, 0.6) is 5.88 Å². The van der Waals surface area contributed by atoms with Gasteiger partial charge in [-0.2, -0.15) is 0 Å². The summed E-state index contributed by atoms with van der Waals surface area (Å²) >= 11 is 0. The molecule has 0 radical (unpaired) electrons. The van der Waals surface area contributed by atoms with Gasteiger partial charge in [0, 0.05) is 12.3 Å². The Bertz CT molecular complexity index is 361. The highest BCUT2D eigenvalue weighted by atomic mass is 19.4. The van der Waals surface area contributed by atoms with Crippen LogP contribution in [0, 0.1) is 0 Å². The molecule has 0 N–H and O–H groups in total. The average Bonchev–Trinajstić information content (AvgIpc) is 2.16. The van der Waals surface area contributed by atoms with Crippen molar-refractivity contribution < 1.29 is 27.4 Å². The lowest BCUT2D eigenvalue weighted by molar-refractivity contribution is -0.276. The maximum atomic E-state index is 11.8. The molecule has 0 aliphatic rings. The SMILES string of the molecule is CCOC(=O)c1ccc(OC(F)(F)F)nc1. The molecule has 0 fully saturated rings. The van der Waals surface area contributed by atoms with Gasteiger partial charge in [-0.15, -0.1) is 13.2 Å². The van der Waals surface area contributed by atoms with E-state index in [1.165, 1.54) is 0 Å². The fourth-order valence-corrected chi connectivity index (χ4v) is 0.894. The van der Waals surface area contributed by atoms with Crippen LogP contribution in [-0.2, 0) is 4.74 Å². The molecule has 0 aromatic carbocycles. The summed E-state index contributed by atoms with van der Waals surface area (Å²) in [5, 5.41) is 0. The quantitative estimate of drug-likeness (QED) is 0.753.